The Balaban J connectivity index is 1.47. The SMILES string of the molecule is CC(C)[C@@H](C(=O)NCc1ccco1)N1C(=O)[C@@H]2[C@@H](C1=O)C1(Cl)c3ccccc3C2(Cl)c2ccccc21. The monoisotopic (exact) mass is 522 g/mol. The predicted octanol–water partition coefficient (Wildman–Crippen LogP) is 4.51. The van der Waals surface area contributed by atoms with Gasteiger partial charge >= 0.3 is 0 Å². The number of nitrogens with one attached hydrogen (secondary N) is 1. The van der Waals surface area contributed by atoms with Crippen molar-refractivity contribution < 1.29 is 18.8 Å². The number of carbonyl (C=O) groups is 3. The lowest BCUT2D eigenvalue weighted by atomic mass is 9.54. The maximum atomic E-state index is 14.2. The molecule has 0 radical (unpaired) electrons. The van der Waals surface area contributed by atoms with E-state index < -0.39 is 45.3 Å². The number of imide groups is 1. The molecule has 1 N–H and O–H groups in total. The molecule has 3 amide bonds. The van der Waals surface area contributed by atoms with E-state index >= 15 is 0 Å². The minimum Gasteiger partial charge on any atom is -0.467 e. The second-order valence-electron chi connectivity index (χ2n) is 10.0. The number of nitrogens with zero attached hydrogens (tertiary/aromatic N) is 1. The zero-order valence-corrected chi connectivity index (χ0v) is 21.2. The Morgan fingerprint density at radius 2 is 1.36 bits per heavy atom. The van der Waals surface area contributed by atoms with E-state index in [9.17, 15) is 14.4 Å². The normalized spacial score (nSPS) is 28.6. The van der Waals surface area contributed by atoms with Crippen LogP contribution in [0.15, 0.2) is 71.3 Å². The summed E-state index contributed by atoms with van der Waals surface area (Å²) in [5, 5.41) is 2.81. The van der Waals surface area contributed by atoms with Crippen LogP contribution >= 0.6 is 23.2 Å². The van der Waals surface area contributed by atoms with Crippen LogP contribution in [0, 0.1) is 17.8 Å². The average molecular weight is 523 g/mol. The number of likely N-dealkylation sites (tertiary alicyclic amines) is 1. The largest absolute Gasteiger partial charge is 0.467 e. The van der Waals surface area contributed by atoms with Crippen LogP contribution in [0.25, 0.3) is 0 Å². The summed E-state index contributed by atoms with van der Waals surface area (Å²) in [4.78, 5) is 40.2. The maximum absolute atomic E-state index is 14.2. The molecule has 3 aliphatic carbocycles. The van der Waals surface area contributed by atoms with E-state index in [1.807, 2.05) is 62.4 Å². The number of rotatable bonds is 5. The molecule has 1 aliphatic heterocycles. The third-order valence-corrected chi connectivity index (χ3v) is 9.10. The van der Waals surface area contributed by atoms with Crippen LogP contribution in [0.3, 0.4) is 0 Å². The number of amides is 3. The van der Waals surface area contributed by atoms with Gasteiger partial charge in [-0.1, -0.05) is 62.4 Å². The van der Waals surface area contributed by atoms with Gasteiger partial charge in [-0.15, -0.1) is 23.2 Å². The third-order valence-electron chi connectivity index (χ3n) is 7.81. The highest BCUT2D eigenvalue weighted by Gasteiger charge is 2.73. The van der Waals surface area contributed by atoms with Crippen molar-refractivity contribution in [3.8, 4) is 0 Å². The van der Waals surface area contributed by atoms with Crippen LogP contribution < -0.4 is 5.32 Å². The molecule has 3 aromatic rings. The summed E-state index contributed by atoms with van der Waals surface area (Å²) in [6, 6.07) is 17.4. The van der Waals surface area contributed by atoms with Crippen molar-refractivity contribution in [3.05, 3.63) is 94.9 Å². The first-order valence-electron chi connectivity index (χ1n) is 12.0. The van der Waals surface area contributed by atoms with E-state index in [1.165, 1.54) is 6.26 Å². The topological polar surface area (TPSA) is 79.6 Å². The fourth-order valence-electron chi connectivity index (χ4n) is 6.37. The van der Waals surface area contributed by atoms with Gasteiger partial charge in [0, 0.05) is 0 Å². The van der Waals surface area contributed by atoms with E-state index in [4.69, 9.17) is 27.6 Å². The van der Waals surface area contributed by atoms with Gasteiger partial charge in [-0.2, -0.15) is 0 Å². The van der Waals surface area contributed by atoms with Crippen molar-refractivity contribution in [1.29, 1.82) is 0 Å². The van der Waals surface area contributed by atoms with Gasteiger partial charge < -0.3 is 9.73 Å². The zero-order chi connectivity index (χ0) is 25.4. The van der Waals surface area contributed by atoms with Gasteiger partial charge in [0.15, 0.2) is 0 Å². The lowest BCUT2D eigenvalue weighted by Gasteiger charge is -2.54. The molecule has 2 heterocycles. The molecule has 0 saturated carbocycles. The van der Waals surface area contributed by atoms with Crippen LogP contribution in [0.5, 0.6) is 0 Å². The van der Waals surface area contributed by atoms with Gasteiger partial charge in [-0.3, -0.25) is 19.3 Å². The average Bonchev–Trinajstić information content (AvgIpc) is 3.48. The van der Waals surface area contributed by atoms with Crippen molar-refractivity contribution in [2.75, 3.05) is 0 Å². The number of hydrogen-bond acceptors (Lipinski definition) is 4. The van der Waals surface area contributed by atoms with Gasteiger partial charge in [0.2, 0.25) is 17.7 Å². The third kappa shape index (κ3) is 2.83. The van der Waals surface area contributed by atoms with E-state index in [1.54, 1.807) is 12.1 Å². The van der Waals surface area contributed by atoms with Crippen molar-refractivity contribution in [3.63, 3.8) is 0 Å². The van der Waals surface area contributed by atoms with Gasteiger partial charge in [0.1, 0.15) is 21.6 Å². The molecule has 0 spiro atoms. The molecule has 1 fully saturated rings. The van der Waals surface area contributed by atoms with E-state index in [-0.39, 0.29) is 12.5 Å². The molecule has 3 atom stereocenters. The molecule has 36 heavy (non-hydrogen) atoms. The molecular weight excluding hydrogens is 499 g/mol. The first-order valence-corrected chi connectivity index (χ1v) is 12.7. The van der Waals surface area contributed by atoms with E-state index in [0.717, 1.165) is 27.2 Å². The number of furan rings is 1. The Kier molecular flexibility index (Phi) is 5.15. The fraction of sp³-hybridized carbons (Fsp3) is 0.321. The van der Waals surface area contributed by atoms with Crippen molar-refractivity contribution in [2.45, 2.75) is 36.2 Å². The summed E-state index contributed by atoms with van der Waals surface area (Å²) < 4.78 is 5.31. The fourth-order valence-corrected chi connectivity index (χ4v) is 7.47. The van der Waals surface area contributed by atoms with Crippen molar-refractivity contribution in [1.82, 2.24) is 10.2 Å². The molecule has 184 valence electrons. The molecule has 2 aromatic carbocycles. The van der Waals surface area contributed by atoms with Gasteiger partial charge in [0.05, 0.1) is 24.6 Å². The first-order chi connectivity index (χ1) is 17.2. The Morgan fingerprint density at radius 1 is 0.889 bits per heavy atom. The minimum absolute atomic E-state index is 0.147. The van der Waals surface area contributed by atoms with Crippen LogP contribution in [0.1, 0.15) is 41.9 Å². The van der Waals surface area contributed by atoms with E-state index in [2.05, 4.69) is 5.32 Å². The lowest BCUT2D eigenvalue weighted by molar-refractivity contribution is -0.149. The molecule has 0 unspecified atom stereocenters. The molecular formula is C28H24Cl2N2O4. The minimum atomic E-state index is -1.28. The standard InChI is InChI=1S/C28H24Cl2N2O4/c1-15(2)23(24(33)31-14-16-8-7-13-36-16)32-25(34)21-22(26(32)35)28(30)18-10-4-3-9-17(18)27(21,29)19-11-5-6-12-20(19)28/h3-13,15,21-23H,14H2,1-2H3,(H,31,33)/t21-,22-,23-,27?,28?/m0/s1. The van der Waals surface area contributed by atoms with Crippen LogP contribution in [0.4, 0.5) is 0 Å². The maximum Gasteiger partial charge on any atom is 0.243 e. The Morgan fingerprint density at radius 3 is 1.75 bits per heavy atom. The van der Waals surface area contributed by atoms with Crippen LogP contribution in [-0.2, 0) is 30.7 Å². The molecule has 1 saturated heterocycles. The highest BCUT2D eigenvalue weighted by Crippen LogP contribution is 2.69. The predicted molar refractivity (Wildman–Crippen MR) is 134 cm³/mol. The molecule has 6 nitrogen and oxygen atoms in total. The van der Waals surface area contributed by atoms with Crippen LogP contribution in [-0.4, -0.2) is 28.7 Å². The second kappa shape index (κ2) is 7.95. The Bertz CT molecular complexity index is 1280. The quantitative estimate of drug-likeness (QED) is 0.394. The number of benzene rings is 2. The van der Waals surface area contributed by atoms with Crippen LogP contribution in [0.2, 0.25) is 0 Å². The molecule has 7 rings (SSSR count). The summed E-state index contributed by atoms with van der Waals surface area (Å²) in [6.07, 6.45) is 1.52. The Labute approximate surface area is 218 Å². The second-order valence-corrected chi connectivity index (χ2v) is 11.2. The highest BCUT2D eigenvalue weighted by atomic mass is 35.5. The summed E-state index contributed by atoms with van der Waals surface area (Å²) in [6.45, 7) is 3.77. The molecule has 1 aromatic heterocycles. The van der Waals surface area contributed by atoms with Crippen molar-refractivity contribution in [2.24, 2.45) is 17.8 Å². The number of carbonyl (C=O) groups excluding carboxylic acids is 3. The van der Waals surface area contributed by atoms with Crippen molar-refractivity contribution >= 4 is 40.9 Å². The van der Waals surface area contributed by atoms with Gasteiger partial charge in [-0.25, -0.2) is 0 Å². The molecule has 4 aliphatic rings. The summed E-state index contributed by atoms with van der Waals surface area (Å²) in [5.74, 6) is -3.02. The number of hydrogen-bond donors (Lipinski definition) is 1. The van der Waals surface area contributed by atoms with E-state index in [0.29, 0.717) is 5.76 Å². The summed E-state index contributed by atoms with van der Waals surface area (Å²) in [7, 11) is 0. The molecule has 8 heteroatoms. The number of halogens is 2. The highest BCUT2D eigenvalue weighted by molar-refractivity contribution is 6.36. The summed E-state index contributed by atoms with van der Waals surface area (Å²) >= 11 is 14.9. The molecule has 2 bridgehead atoms. The van der Waals surface area contributed by atoms with Gasteiger partial charge in [-0.05, 0) is 40.3 Å². The number of alkyl halides is 2. The smallest absolute Gasteiger partial charge is 0.243 e. The Hall–Kier alpha value is -3.09. The van der Waals surface area contributed by atoms with Gasteiger partial charge in [0.25, 0.3) is 0 Å². The summed E-state index contributed by atoms with van der Waals surface area (Å²) in [5.41, 5.74) is 2.92. The first kappa shape index (κ1) is 23.3. The zero-order valence-electron chi connectivity index (χ0n) is 19.7. The lowest BCUT2D eigenvalue weighted by Crippen LogP contribution is -2.57.